The molecule has 1 aliphatic rings. The van der Waals surface area contributed by atoms with Gasteiger partial charge in [0.15, 0.2) is 0 Å². The number of carbonyl (C=O) groups is 1. The molecule has 1 rings (SSSR count). The van der Waals surface area contributed by atoms with E-state index in [-0.39, 0.29) is 6.04 Å². The molecule has 1 unspecified atom stereocenters. The second kappa shape index (κ2) is 5.98. The van der Waals surface area contributed by atoms with E-state index >= 15 is 0 Å². The van der Waals surface area contributed by atoms with Crippen molar-refractivity contribution in [1.82, 2.24) is 10.2 Å². The fraction of sp³-hybridized carbons (Fsp3) is 0.900. The Morgan fingerprint density at radius 1 is 1.50 bits per heavy atom. The lowest BCUT2D eigenvalue weighted by Crippen LogP contribution is -2.39. The van der Waals surface area contributed by atoms with Crippen LogP contribution in [0, 0.1) is 0 Å². The maximum Gasteiger partial charge on any atom is 0.320 e. The van der Waals surface area contributed by atoms with Crippen molar-refractivity contribution >= 4 is 5.97 Å². The van der Waals surface area contributed by atoms with E-state index in [0.717, 1.165) is 26.2 Å². The van der Waals surface area contributed by atoms with Crippen LogP contribution in [0.2, 0.25) is 0 Å². The third-order valence-electron chi connectivity index (χ3n) is 2.68. The van der Waals surface area contributed by atoms with Gasteiger partial charge in [0, 0.05) is 6.54 Å². The predicted molar refractivity (Wildman–Crippen MR) is 55.4 cm³/mol. The molecule has 82 valence electrons. The maximum absolute atomic E-state index is 10.8. The van der Waals surface area contributed by atoms with Gasteiger partial charge in [0.25, 0.3) is 0 Å². The molecule has 4 heteroatoms. The first-order valence-electron chi connectivity index (χ1n) is 5.42. The average molecular weight is 200 g/mol. The molecule has 0 saturated carbocycles. The Morgan fingerprint density at radius 2 is 2.14 bits per heavy atom. The zero-order valence-electron chi connectivity index (χ0n) is 8.83. The van der Waals surface area contributed by atoms with Gasteiger partial charge in [0.2, 0.25) is 0 Å². The summed E-state index contributed by atoms with van der Waals surface area (Å²) in [5.74, 6) is -0.731. The molecule has 0 amide bonds. The van der Waals surface area contributed by atoms with Crippen molar-refractivity contribution < 1.29 is 9.90 Å². The lowest BCUT2D eigenvalue weighted by Gasteiger charge is -2.18. The van der Waals surface area contributed by atoms with Gasteiger partial charge in [-0.25, -0.2) is 0 Å². The quantitative estimate of drug-likeness (QED) is 0.657. The fourth-order valence-corrected chi connectivity index (χ4v) is 1.88. The van der Waals surface area contributed by atoms with E-state index in [1.165, 1.54) is 12.8 Å². The molecule has 4 nitrogen and oxygen atoms in total. The molecule has 1 aliphatic heterocycles. The monoisotopic (exact) mass is 200 g/mol. The van der Waals surface area contributed by atoms with Crippen LogP contribution >= 0.6 is 0 Å². The van der Waals surface area contributed by atoms with E-state index in [1.54, 1.807) is 0 Å². The number of hydrogen-bond donors (Lipinski definition) is 2. The molecular weight excluding hydrogens is 180 g/mol. The Bertz CT molecular complexity index is 179. The van der Waals surface area contributed by atoms with E-state index in [2.05, 4.69) is 10.2 Å². The second-order valence-electron chi connectivity index (χ2n) is 3.79. The summed E-state index contributed by atoms with van der Waals surface area (Å²) in [5.41, 5.74) is 0. The number of likely N-dealkylation sites (N-methyl/N-ethyl adjacent to an activating group) is 1. The van der Waals surface area contributed by atoms with Crippen LogP contribution in [0.25, 0.3) is 0 Å². The lowest BCUT2D eigenvalue weighted by molar-refractivity contribution is -0.139. The van der Waals surface area contributed by atoms with Gasteiger partial charge < -0.3 is 15.3 Å². The lowest BCUT2D eigenvalue weighted by atomic mass is 10.2. The minimum Gasteiger partial charge on any atom is -0.480 e. The van der Waals surface area contributed by atoms with Crippen LogP contribution in [-0.2, 0) is 4.79 Å². The van der Waals surface area contributed by atoms with Crippen LogP contribution in [0.15, 0.2) is 0 Å². The highest BCUT2D eigenvalue weighted by molar-refractivity contribution is 5.73. The smallest absolute Gasteiger partial charge is 0.320 e. The number of nitrogens with one attached hydrogen (secondary N) is 1. The number of likely N-dealkylation sites (tertiary alicyclic amines) is 1. The molecule has 14 heavy (non-hydrogen) atoms. The van der Waals surface area contributed by atoms with Crippen molar-refractivity contribution in [3.63, 3.8) is 0 Å². The van der Waals surface area contributed by atoms with Crippen LogP contribution in [0.3, 0.4) is 0 Å². The molecule has 0 aromatic rings. The van der Waals surface area contributed by atoms with Gasteiger partial charge >= 0.3 is 5.97 Å². The molecular formula is C10H20N2O2. The van der Waals surface area contributed by atoms with Crippen molar-refractivity contribution in [2.75, 3.05) is 26.2 Å². The highest BCUT2D eigenvalue weighted by Crippen LogP contribution is 2.08. The van der Waals surface area contributed by atoms with Gasteiger partial charge in [0.1, 0.15) is 6.04 Å². The van der Waals surface area contributed by atoms with Crippen LogP contribution < -0.4 is 5.32 Å². The van der Waals surface area contributed by atoms with Crippen LogP contribution in [0.4, 0.5) is 0 Å². The first kappa shape index (κ1) is 11.5. The van der Waals surface area contributed by atoms with Crippen molar-refractivity contribution in [2.45, 2.75) is 32.2 Å². The molecule has 0 spiro atoms. The summed E-state index contributed by atoms with van der Waals surface area (Å²) >= 11 is 0. The van der Waals surface area contributed by atoms with Crippen molar-refractivity contribution in [3.05, 3.63) is 0 Å². The van der Waals surface area contributed by atoms with Gasteiger partial charge in [-0.15, -0.1) is 0 Å². The van der Waals surface area contributed by atoms with Gasteiger partial charge in [-0.3, -0.25) is 4.79 Å². The third kappa shape index (κ3) is 3.64. The minimum atomic E-state index is -0.731. The van der Waals surface area contributed by atoms with E-state index in [4.69, 9.17) is 5.11 Å². The molecule has 0 aromatic heterocycles. The third-order valence-corrected chi connectivity index (χ3v) is 2.68. The summed E-state index contributed by atoms with van der Waals surface area (Å²) in [6.45, 7) is 5.84. The minimum absolute atomic E-state index is 0.374. The fourth-order valence-electron chi connectivity index (χ4n) is 1.88. The molecule has 1 fully saturated rings. The zero-order valence-corrected chi connectivity index (χ0v) is 8.83. The standard InChI is InChI=1S/C10H20N2O2/c1-2-11-9(10(13)14)5-8-12-6-3-4-7-12/h9,11H,2-8H2,1H3,(H,13,14). The zero-order chi connectivity index (χ0) is 10.4. The van der Waals surface area contributed by atoms with E-state index in [0.29, 0.717) is 6.42 Å². The normalized spacial score (nSPS) is 19.8. The molecule has 0 bridgehead atoms. The number of nitrogens with zero attached hydrogens (tertiary/aromatic N) is 1. The Hall–Kier alpha value is -0.610. The van der Waals surface area contributed by atoms with Gasteiger partial charge in [-0.1, -0.05) is 6.92 Å². The molecule has 1 heterocycles. The van der Waals surface area contributed by atoms with Crippen molar-refractivity contribution in [2.24, 2.45) is 0 Å². The largest absolute Gasteiger partial charge is 0.480 e. The summed E-state index contributed by atoms with van der Waals surface area (Å²) in [5, 5.41) is 11.9. The number of carboxylic acid groups (broad SMARTS) is 1. The number of rotatable bonds is 6. The Labute approximate surface area is 85.3 Å². The topological polar surface area (TPSA) is 52.6 Å². The predicted octanol–water partition coefficient (Wildman–Crippen LogP) is 0.535. The molecule has 2 N–H and O–H groups in total. The first-order chi connectivity index (χ1) is 6.74. The molecule has 0 aliphatic carbocycles. The summed E-state index contributed by atoms with van der Waals surface area (Å²) in [6, 6.07) is -0.374. The molecule has 1 atom stereocenters. The highest BCUT2D eigenvalue weighted by Gasteiger charge is 2.18. The van der Waals surface area contributed by atoms with Crippen LogP contribution in [0.5, 0.6) is 0 Å². The van der Waals surface area contributed by atoms with Crippen molar-refractivity contribution in [3.8, 4) is 0 Å². The Kier molecular flexibility index (Phi) is 4.90. The molecule has 0 radical (unpaired) electrons. The van der Waals surface area contributed by atoms with Crippen LogP contribution in [0.1, 0.15) is 26.2 Å². The van der Waals surface area contributed by atoms with E-state index in [1.807, 2.05) is 6.92 Å². The number of aliphatic carboxylic acids is 1. The average Bonchev–Trinajstić information content (AvgIpc) is 2.64. The second-order valence-corrected chi connectivity index (χ2v) is 3.79. The van der Waals surface area contributed by atoms with E-state index in [9.17, 15) is 4.79 Å². The van der Waals surface area contributed by atoms with Crippen molar-refractivity contribution in [1.29, 1.82) is 0 Å². The number of hydrogen-bond acceptors (Lipinski definition) is 3. The van der Waals surface area contributed by atoms with Gasteiger partial charge in [-0.05, 0) is 38.9 Å². The maximum atomic E-state index is 10.8. The molecule has 1 saturated heterocycles. The molecule has 0 aromatic carbocycles. The van der Waals surface area contributed by atoms with Gasteiger partial charge in [-0.2, -0.15) is 0 Å². The highest BCUT2D eigenvalue weighted by atomic mass is 16.4. The summed E-state index contributed by atoms with van der Waals surface area (Å²) in [4.78, 5) is 13.2. The number of carboxylic acids is 1. The van der Waals surface area contributed by atoms with Gasteiger partial charge in [0.05, 0.1) is 0 Å². The summed E-state index contributed by atoms with van der Waals surface area (Å²) in [6.07, 6.45) is 3.24. The van der Waals surface area contributed by atoms with Crippen LogP contribution in [-0.4, -0.2) is 48.2 Å². The SMILES string of the molecule is CCNC(CCN1CCCC1)C(=O)O. The Balaban J connectivity index is 2.21. The first-order valence-corrected chi connectivity index (χ1v) is 5.42. The summed E-state index contributed by atoms with van der Waals surface area (Å²) < 4.78 is 0. The van der Waals surface area contributed by atoms with E-state index < -0.39 is 5.97 Å². The Morgan fingerprint density at radius 3 is 2.64 bits per heavy atom. The summed E-state index contributed by atoms with van der Waals surface area (Å²) in [7, 11) is 0.